The van der Waals surface area contributed by atoms with Gasteiger partial charge in [0.15, 0.2) is 0 Å². The molecule has 0 saturated carbocycles. The zero-order chi connectivity index (χ0) is 20.5. The van der Waals surface area contributed by atoms with E-state index in [2.05, 4.69) is 0 Å². The Hall–Kier alpha value is -2.80. The van der Waals surface area contributed by atoms with Gasteiger partial charge in [0.1, 0.15) is 23.4 Å². The van der Waals surface area contributed by atoms with Crippen LogP contribution in [0.4, 0.5) is 0 Å². The minimum Gasteiger partial charge on any atom is -0.483 e. The maximum absolute atomic E-state index is 6.46. The van der Waals surface area contributed by atoms with Crippen molar-refractivity contribution in [1.82, 2.24) is 0 Å². The highest BCUT2D eigenvalue weighted by Crippen LogP contribution is 2.27. The summed E-state index contributed by atoms with van der Waals surface area (Å²) in [5, 5.41) is 0. The summed E-state index contributed by atoms with van der Waals surface area (Å²) in [6.07, 6.45) is 1.01. The fourth-order valence-electron chi connectivity index (χ4n) is 2.99. The molecular weight excluding hydrogens is 396 g/mol. The average molecular weight is 423 g/mol. The highest BCUT2D eigenvalue weighted by molar-refractivity contribution is 6.63. The molecule has 1 saturated heterocycles. The van der Waals surface area contributed by atoms with Gasteiger partial charge in [-0.1, -0.05) is 54.6 Å². The van der Waals surface area contributed by atoms with E-state index in [0.717, 1.165) is 30.3 Å². The molecule has 0 bridgehead atoms. The van der Waals surface area contributed by atoms with Crippen LogP contribution < -0.4 is 13.3 Å². The first-order valence-electron chi connectivity index (χ1n) is 10.2. The number of benzene rings is 3. The first-order chi connectivity index (χ1) is 14.8. The van der Waals surface area contributed by atoms with Gasteiger partial charge >= 0.3 is 8.80 Å². The summed E-state index contributed by atoms with van der Waals surface area (Å²) >= 11 is 0. The summed E-state index contributed by atoms with van der Waals surface area (Å²) in [6, 6.07) is 29.7. The molecule has 1 fully saturated rings. The number of rotatable bonds is 12. The molecule has 1 aliphatic rings. The van der Waals surface area contributed by atoms with Gasteiger partial charge in [0, 0.05) is 6.61 Å². The lowest BCUT2D eigenvalue weighted by molar-refractivity contribution is 0.114. The molecule has 0 radical (unpaired) electrons. The first-order valence-corrected chi connectivity index (χ1v) is 12.2. The predicted octanol–water partition coefficient (Wildman–Crippen LogP) is 4.97. The second-order valence-electron chi connectivity index (χ2n) is 7.06. The van der Waals surface area contributed by atoms with Gasteiger partial charge in [-0.05, 0) is 42.8 Å². The first kappa shape index (κ1) is 20.5. The molecule has 0 unspecified atom stereocenters. The van der Waals surface area contributed by atoms with Crippen molar-refractivity contribution in [3.05, 3.63) is 91.0 Å². The molecule has 1 atom stereocenters. The molecule has 3 aromatic rings. The summed E-state index contributed by atoms with van der Waals surface area (Å²) in [7, 11) is -3.19. The monoisotopic (exact) mass is 422 g/mol. The molecule has 0 aliphatic carbocycles. The molecule has 0 N–H and O–H groups in total. The van der Waals surface area contributed by atoms with Gasteiger partial charge in [0.2, 0.25) is 0 Å². The van der Waals surface area contributed by atoms with Crippen molar-refractivity contribution in [2.24, 2.45) is 0 Å². The van der Waals surface area contributed by atoms with Crippen LogP contribution >= 0.6 is 0 Å². The lowest BCUT2D eigenvalue weighted by Gasteiger charge is -2.30. The van der Waals surface area contributed by atoms with E-state index in [1.807, 2.05) is 91.0 Å². The number of para-hydroxylation sites is 3. The zero-order valence-electron chi connectivity index (χ0n) is 16.8. The Kier molecular flexibility index (Phi) is 7.02. The smallest absolute Gasteiger partial charge is 0.483 e. The van der Waals surface area contributed by atoms with Crippen LogP contribution in [0.25, 0.3) is 0 Å². The minimum absolute atomic E-state index is 0.258. The molecule has 30 heavy (non-hydrogen) atoms. The van der Waals surface area contributed by atoms with E-state index >= 15 is 0 Å². The third-order valence-corrected chi connectivity index (χ3v) is 7.13. The van der Waals surface area contributed by atoms with Crippen LogP contribution in [0.15, 0.2) is 91.0 Å². The normalized spacial score (nSPS) is 15.4. The van der Waals surface area contributed by atoms with Crippen LogP contribution in [0.5, 0.6) is 17.2 Å². The van der Waals surface area contributed by atoms with Crippen LogP contribution in [0.3, 0.4) is 0 Å². The Morgan fingerprint density at radius 1 is 0.700 bits per heavy atom. The van der Waals surface area contributed by atoms with Gasteiger partial charge < -0.3 is 22.8 Å². The fraction of sp³-hybridized carbons (Fsp3) is 0.250. The highest BCUT2D eigenvalue weighted by Gasteiger charge is 2.48. The summed E-state index contributed by atoms with van der Waals surface area (Å²) < 4.78 is 30.3. The van der Waals surface area contributed by atoms with Gasteiger partial charge in [-0.25, -0.2) is 0 Å². The van der Waals surface area contributed by atoms with E-state index in [1.54, 1.807) is 0 Å². The Labute approximate surface area is 178 Å². The van der Waals surface area contributed by atoms with Crippen molar-refractivity contribution in [3.8, 4) is 17.2 Å². The maximum atomic E-state index is 6.46. The quantitative estimate of drug-likeness (QED) is 0.234. The number of hydrogen-bond acceptors (Lipinski definition) is 5. The van der Waals surface area contributed by atoms with Gasteiger partial charge in [0.05, 0.1) is 19.3 Å². The Morgan fingerprint density at radius 2 is 1.13 bits per heavy atom. The standard InChI is InChI=1S/C24H26O5Si/c1-4-11-21(12-5-1)27-30(28-22-13-6-2-7-14-22,29-23-15-8-3-9-16-23)18-10-17-25-19-24-20-26-24/h1-9,11-16,24H,10,17-20H2/t24-/m0/s1. The van der Waals surface area contributed by atoms with E-state index in [1.165, 1.54) is 0 Å². The molecule has 156 valence electrons. The van der Waals surface area contributed by atoms with Crippen molar-refractivity contribution < 1.29 is 22.8 Å². The average Bonchev–Trinajstić information content (AvgIpc) is 3.60. The second kappa shape index (κ2) is 10.3. The molecule has 4 rings (SSSR count). The zero-order valence-corrected chi connectivity index (χ0v) is 17.8. The highest BCUT2D eigenvalue weighted by atomic mass is 28.4. The van der Waals surface area contributed by atoms with Gasteiger partial charge in [-0.3, -0.25) is 0 Å². The van der Waals surface area contributed by atoms with Crippen molar-refractivity contribution in [2.75, 3.05) is 19.8 Å². The van der Waals surface area contributed by atoms with Crippen LogP contribution in [0.1, 0.15) is 6.42 Å². The molecule has 1 heterocycles. The predicted molar refractivity (Wildman–Crippen MR) is 117 cm³/mol. The molecule has 6 heteroatoms. The van der Waals surface area contributed by atoms with E-state index in [4.69, 9.17) is 22.8 Å². The molecular formula is C24H26O5Si. The second-order valence-corrected chi connectivity index (χ2v) is 9.54. The maximum Gasteiger partial charge on any atom is 0.699 e. The Morgan fingerprint density at radius 3 is 1.53 bits per heavy atom. The topological polar surface area (TPSA) is 49.5 Å². The Bertz CT molecular complexity index is 770. The summed E-state index contributed by atoms with van der Waals surface area (Å²) in [5.74, 6) is 2.18. The van der Waals surface area contributed by atoms with Crippen molar-refractivity contribution in [2.45, 2.75) is 18.6 Å². The summed E-state index contributed by atoms with van der Waals surface area (Å²) in [4.78, 5) is 0. The lowest BCUT2D eigenvalue weighted by atomic mass is 10.3. The van der Waals surface area contributed by atoms with Gasteiger partial charge in [0.25, 0.3) is 0 Å². The van der Waals surface area contributed by atoms with E-state index in [-0.39, 0.29) is 6.10 Å². The third-order valence-electron chi connectivity index (χ3n) is 4.53. The SMILES string of the molecule is c1ccc(O[Si](CCCOC[C@H]2CO2)(Oc2ccccc2)Oc2ccccc2)cc1. The van der Waals surface area contributed by atoms with Crippen molar-refractivity contribution in [1.29, 1.82) is 0 Å². The summed E-state index contributed by atoms with van der Waals surface area (Å²) in [5.41, 5.74) is 0. The third kappa shape index (κ3) is 6.35. The summed E-state index contributed by atoms with van der Waals surface area (Å²) in [6.45, 7) is 2.03. The molecule has 0 aromatic heterocycles. The van der Waals surface area contributed by atoms with Gasteiger partial charge in [-0.15, -0.1) is 0 Å². The molecule has 0 spiro atoms. The number of ether oxygens (including phenoxy) is 2. The molecule has 0 amide bonds. The number of hydrogen-bond donors (Lipinski definition) is 0. The fourth-order valence-corrected chi connectivity index (χ4v) is 5.48. The Balaban J connectivity index is 1.55. The molecule has 5 nitrogen and oxygen atoms in total. The van der Waals surface area contributed by atoms with Crippen LogP contribution in [-0.4, -0.2) is 34.7 Å². The van der Waals surface area contributed by atoms with E-state index < -0.39 is 8.80 Å². The van der Waals surface area contributed by atoms with Crippen LogP contribution in [0, 0.1) is 0 Å². The number of epoxide rings is 1. The molecule has 3 aromatic carbocycles. The minimum atomic E-state index is -3.19. The lowest BCUT2D eigenvalue weighted by Crippen LogP contribution is -2.55. The van der Waals surface area contributed by atoms with Crippen molar-refractivity contribution >= 4 is 8.80 Å². The largest absolute Gasteiger partial charge is 0.699 e. The van der Waals surface area contributed by atoms with Crippen LogP contribution in [0.2, 0.25) is 6.04 Å². The van der Waals surface area contributed by atoms with Gasteiger partial charge in [-0.2, -0.15) is 0 Å². The van der Waals surface area contributed by atoms with E-state index in [9.17, 15) is 0 Å². The van der Waals surface area contributed by atoms with Crippen molar-refractivity contribution in [3.63, 3.8) is 0 Å². The molecule has 1 aliphatic heterocycles. The van der Waals surface area contributed by atoms with Crippen LogP contribution in [-0.2, 0) is 9.47 Å². The van der Waals surface area contributed by atoms with E-state index in [0.29, 0.717) is 19.3 Å².